The molecule has 3 heteroatoms. The molecule has 0 fully saturated rings. The van der Waals surface area contributed by atoms with Crippen LogP contribution < -0.4 is 0 Å². The summed E-state index contributed by atoms with van der Waals surface area (Å²) < 4.78 is 0. The Morgan fingerprint density at radius 1 is 1.47 bits per heavy atom. The summed E-state index contributed by atoms with van der Waals surface area (Å²) >= 11 is 0. The van der Waals surface area contributed by atoms with Gasteiger partial charge in [-0.15, -0.1) is 0 Å². The van der Waals surface area contributed by atoms with Gasteiger partial charge in [-0.3, -0.25) is 9.69 Å². The number of nitrogens with zero attached hydrogens (tertiary/aromatic N) is 2. The average molecular weight is 224 g/mol. The van der Waals surface area contributed by atoms with Crippen LogP contribution in [0.4, 0.5) is 0 Å². The van der Waals surface area contributed by atoms with Crippen molar-refractivity contribution in [2.45, 2.75) is 13.0 Å². The molecular weight excluding hydrogens is 212 g/mol. The predicted octanol–water partition coefficient (Wildman–Crippen LogP) is 2.64. The molecule has 1 aliphatic rings. The van der Waals surface area contributed by atoms with Gasteiger partial charge in [0.15, 0.2) is 0 Å². The number of rotatable bonds is 1. The normalized spacial score (nSPS) is 17.9. The lowest BCUT2D eigenvalue weighted by Gasteiger charge is -2.27. The van der Waals surface area contributed by atoms with Crippen LogP contribution in [0.5, 0.6) is 0 Å². The maximum absolute atomic E-state index is 11.8. The van der Waals surface area contributed by atoms with Crippen molar-refractivity contribution in [3.8, 4) is 6.07 Å². The van der Waals surface area contributed by atoms with Gasteiger partial charge >= 0.3 is 0 Å². The molecule has 0 saturated carbocycles. The lowest BCUT2D eigenvalue weighted by Crippen LogP contribution is -2.30. The highest BCUT2D eigenvalue weighted by atomic mass is 16.2. The van der Waals surface area contributed by atoms with Crippen molar-refractivity contribution in [2.75, 3.05) is 0 Å². The summed E-state index contributed by atoms with van der Waals surface area (Å²) in [6.07, 6.45) is 6.65. The summed E-state index contributed by atoms with van der Waals surface area (Å²) in [4.78, 5) is 13.3. The number of nitriles is 1. The highest BCUT2D eigenvalue weighted by molar-refractivity contribution is 5.90. The van der Waals surface area contributed by atoms with E-state index in [4.69, 9.17) is 0 Å². The standard InChI is InChI=1S/C14H12N2O/c1-2-5-14(17)16-9-8-11-6-3-4-7-12(11)13(16)10-15/h2-9,13H,1H3/b5-2+/t13-/m1/s1. The molecule has 3 nitrogen and oxygen atoms in total. The fourth-order valence-electron chi connectivity index (χ4n) is 1.87. The molecular formula is C14H12N2O. The van der Waals surface area contributed by atoms with Crippen LogP contribution in [0.3, 0.4) is 0 Å². The molecule has 1 aliphatic heterocycles. The van der Waals surface area contributed by atoms with Crippen molar-refractivity contribution in [1.82, 2.24) is 4.90 Å². The first-order valence-electron chi connectivity index (χ1n) is 5.39. The van der Waals surface area contributed by atoms with Crippen molar-refractivity contribution in [3.05, 3.63) is 53.7 Å². The van der Waals surface area contributed by atoms with Gasteiger partial charge in [-0.25, -0.2) is 0 Å². The third-order valence-corrected chi connectivity index (χ3v) is 2.67. The van der Waals surface area contributed by atoms with E-state index < -0.39 is 6.04 Å². The lowest BCUT2D eigenvalue weighted by atomic mass is 9.97. The number of carbonyl (C=O) groups excluding carboxylic acids is 1. The second-order valence-corrected chi connectivity index (χ2v) is 3.72. The van der Waals surface area contributed by atoms with Crippen molar-refractivity contribution in [1.29, 1.82) is 5.26 Å². The van der Waals surface area contributed by atoms with E-state index in [9.17, 15) is 10.1 Å². The van der Waals surface area contributed by atoms with Gasteiger partial charge in [0.2, 0.25) is 0 Å². The van der Waals surface area contributed by atoms with Crippen LogP contribution in [0.2, 0.25) is 0 Å². The number of fused-ring (bicyclic) bond motifs is 1. The molecule has 1 amide bonds. The van der Waals surface area contributed by atoms with Crippen LogP contribution in [0.15, 0.2) is 42.6 Å². The third-order valence-electron chi connectivity index (χ3n) is 2.67. The minimum absolute atomic E-state index is 0.176. The fraction of sp³-hybridized carbons (Fsp3) is 0.143. The molecule has 0 radical (unpaired) electrons. The smallest absolute Gasteiger partial charge is 0.251 e. The highest BCUT2D eigenvalue weighted by Crippen LogP contribution is 2.29. The zero-order chi connectivity index (χ0) is 12.3. The number of hydrogen-bond acceptors (Lipinski definition) is 2. The number of hydrogen-bond donors (Lipinski definition) is 0. The maximum Gasteiger partial charge on any atom is 0.251 e. The summed E-state index contributed by atoms with van der Waals surface area (Å²) in [5.74, 6) is -0.176. The minimum Gasteiger partial charge on any atom is -0.295 e. The van der Waals surface area contributed by atoms with Crippen LogP contribution in [-0.4, -0.2) is 10.8 Å². The van der Waals surface area contributed by atoms with Crippen molar-refractivity contribution >= 4 is 12.0 Å². The number of carbonyl (C=O) groups is 1. The maximum atomic E-state index is 11.8. The Labute approximate surface area is 100 Å². The van der Waals surface area contributed by atoms with Crippen molar-refractivity contribution < 1.29 is 4.79 Å². The predicted molar refractivity (Wildman–Crippen MR) is 65.5 cm³/mol. The first-order chi connectivity index (χ1) is 8.27. The largest absolute Gasteiger partial charge is 0.295 e. The van der Waals surface area contributed by atoms with E-state index in [2.05, 4.69) is 6.07 Å². The Kier molecular flexibility index (Phi) is 3.06. The van der Waals surface area contributed by atoms with Gasteiger partial charge in [0.1, 0.15) is 6.04 Å². The molecule has 1 heterocycles. The molecule has 84 valence electrons. The summed E-state index contributed by atoms with van der Waals surface area (Å²) in [7, 11) is 0. The molecule has 0 N–H and O–H groups in total. The molecule has 1 atom stereocenters. The highest BCUT2D eigenvalue weighted by Gasteiger charge is 2.26. The quantitative estimate of drug-likeness (QED) is 0.688. The third kappa shape index (κ3) is 1.98. The van der Waals surface area contributed by atoms with E-state index in [0.717, 1.165) is 11.1 Å². The lowest BCUT2D eigenvalue weighted by molar-refractivity contribution is -0.124. The van der Waals surface area contributed by atoms with Crippen LogP contribution in [0.1, 0.15) is 24.1 Å². The average Bonchev–Trinajstić information content (AvgIpc) is 2.37. The Hall–Kier alpha value is -2.34. The monoisotopic (exact) mass is 224 g/mol. The summed E-state index contributed by atoms with van der Waals surface area (Å²) in [5.41, 5.74) is 1.86. The molecule has 0 spiro atoms. The molecule has 1 aromatic carbocycles. The molecule has 0 aromatic heterocycles. The van der Waals surface area contributed by atoms with Gasteiger partial charge in [-0.05, 0) is 30.2 Å². The zero-order valence-electron chi connectivity index (χ0n) is 9.50. The summed E-state index contributed by atoms with van der Waals surface area (Å²) in [6.45, 7) is 1.78. The summed E-state index contributed by atoms with van der Waals surface area (Å²) in [5, 5.41) is 9.22. The molecule has 0 saturated heterocycles. The first-order valence-corrected chi connectivity index (χ1v) is 5.39. The van der Waals surface area contributed by atoms with Crippen LogP contribution in [-0.2, 0) is 4.79 Å². The first kappa shape index (κ1) is 11.2. The SMILES string of the molecule is C/C=C/C(=O)N1C=Cc2ccccc2[C@H]1C#N. The van der Waals surface area contributed by atoms with Gasteiger partial charge in [0.25, 0.3) is 5.91 Å². The second kappa shape index (κ2) is 4.67. The Bertz CT molecular complexity index is 537. The molecule has 17 heavy (non-hydrogen) atoms. The Balaban J connectivity index is 2.43. The minimum atomic E-state index is -0.542. The molecule has 1 aromatic rings. The van der Waals surface area contributed by atoms with Gasteiger partial charge < -0.3 is 0 Å². The zero-order valence-corrected chi connectivity index (χ0v) is 9.50. The van der Waals surface area contributed by atoms with E-state index in [1.165, 1.54) is 11.0 Å². The van der Waals surface area contributed by atoms with Gasteiger partial charge in [0.05, 0.1) is 6.07 Å². The number of amides is 1. The van der Waals surface area contributed by atoms with Gasteiger partial charge in [-0.1, -0.05) is 30.3 Å². The fourth-order valence-corrected chi connectivity index (χ4v) is 1.87. The second-order valence-electron chi connectivity index (χ2n) is 3.72. The molecule has 2 rings (SSSR count). The van der Waals surface area contributed by atoms with E-state index in [-0.39, 0.29) is 5.91 Å². The van der Waals surface area contributed by atoms with Crippen molar-refractivity contribution in [3.63, 3.8) is 0 Å². The van der Waals surface area contributed by atoms with E-state index in [0.29, 0.717) is 0 Å². The van der Waals surface area contributed by atoms with E-state index in [1.807, 2.05) is 30.3 Å². The molecule has 0 aliphatic carbocycles. The topological polar surface area (TPSA) is 44.1 Å². The molecule has 0 unspecified atom stereocenters. The van der Waals surface area contributed by atoms with E-state index >= 15 is 0 Å². The van der Waals surface area contributed by atoms with Gasteiger partial charge in [0, 0.05) is 6.20 Å². The van der Waals surface area contributed by atoms with Crippen LogP contribution in [0.25, 0.3) is 6.08 Å². The Morgan fingerprint density at radius 3 is 2.94 bits per heavy atom. The number of allylic oxidation sites excluding steroid dienone is 1. The van der Waals surface area contributed by atoms with Crippen molar-refractivity contribution in [2.24, 2.45) is 0 Å². The molecule has 0 bridgehead atoms. The van der Waals surface area contributed by atoms with Crippen LogP contribution in [0, 0.1) is 11.3 Å². The summed E-state index contributed by atoms with van der Waals surface area (Å²) in [6, 6.07) is 9.24. The van der Waals surface area contributed by atoms with Gasteiger partial charge in [-0.2, -0.15) is 5.26 Å². The number of benzene rings is 1. The van der Waals surface area contributed by atoms with E-state index in [1.54, 1.807) is 19.2 Å². The Morgan fingerprint density at radius 2 is 2.24 bits per heavy atom. The van der Waals surface area contributed by atoms with Crippen LogP contribution >= 0.6 is 0 Å².